The molecule has 1 aromatic heterocycles. The highest BCUT2D eigenvalue weighted by Crippen LogP contribution is 2.30. The normalized spacial score (nSPS) is 11.8. The van der Waals surface area contributed by atoms with E-state index in [0.717, 1.165) is 12.8 Å². The van der Waals surface area contributed by atoms with E-state index in [1.165, 1.54) is 0 Å². The molecule has 3 N–H and O–H groups in total. The third kappa shape index (κ3) is 7.08. The maximum absolute atomic E-state index is 12.1. The van der Waals surface area contributed by atoms with E-state index in [2.05, 4.69) is 29.5 Å². The zero-order valence-electron chi connectivity index (χ0n) is 16.6. The molecular weight excluding hydrogens is 358 g/mol. The zero-order valence-corrected chi connectivity index (χ0v) is 16.6. The number of aromatic nitrogens is 1. The van der Waals surface area contributed by atoms with Crippen LogP contribution in [0.3, 0.4) is 0 Å². The van der Waals surface area contributed by atoms with Crippen molar-refractivity contribution in [3.05, 3.63) is 48.3 Å². The molecule has 0 radical (unpaired) electrons. The average molecular weight is 387 g/mol. The molecule has 2 rings (SSSR count). The molecule has 0 fully saturated rings. The van der Waals surface area contributed by atoms with Crippen molar-refractivity contribution in [2.45, 2.75) is 32.8 Å². The molecule has 0 aliphatic carbocycles. The number of aliphatic hydroxyl groups is 1. The molecule has 0 saturated carbocycles. The van der Waals surface area contributed by atoms with Gasteiger partial charge in [0.1, 0.15) is 6.10 Å². The van der Waals surface area contributed by atoms with Gasteiger partial charge in [0, 0.05) is 18.0 Å². The molecule has 1 aromatic carbocycles. The van der Waals surface area contributed by atoms with Crippen molar-refractivity contribution in [3.8, 4) is 11.5 Å². The van der Waals surface area contributed by atoms with Gasteiger partial charge in [0.15, 0.2) is 11.5 Å². The van der Waals surface area contributed by atoms with Crippen LogP contribution in [-0.2, 0) is 0 Å². The largest absolute Gasteiger partial charge is 0.493 e. The summed E-state index contributed by atoms with van der Waals surface area (Å²) in [6.07, 6.45) is 2.76. The summed E-state index contributed by atoms with van der Waals surface area (Å²) in [5, 5.41) is 15.4. The van der Waals surface area contributed by atoms with Crippen molar-refractivity contribution < 1.29 is 19.4 Å². The van der Waals surface area contributed by atoms with Gasteiger partial charge in [-0.3, -0.25) is 4.98 Å². The lowest BCUT2D eigenvalue weighted by Crippen LogP contribution is -2.32. The van der Waals surface area contributed by atoms with Gasteiger partial charge in [-0.05, 0) is 43.0 Å². The third-order valence-corrected chi connectivity index (χ3v) is 4.09. The zero-order chi connectivity index (χ0) is 20.4. The van der Waals surface area contributed by atoms with E-state index in [1.807, 2.05) is 0 Å². The number of aliphatic hydroxyl groups excluding tert-OH is 1. The number of nitrogens with zero attached hydrogens (tertiary/aromatic N) is 1. The predicted molar refractivity (Wildman–Crippen MR) is 109 cm³/mol. The second kappa shape index (κ2) is 11.1. The molecule has 2 amide bonds. The molecular formula is C21H29N3O4. The van der Waals surface area contributed by atoms with Crippen molar-refractivity contribution in [3.63, 3.8) is 0 Å². The number of nitrogens with one attached hydrogen (secondary N) is 2. The molecule has 1 unspecified atom stereocenters. The molecule has 0 bridgehead atoms. The Morgan fingerprint density at radius 2 is 2.04 bits per heavy atom. The summed E-state index contributed by atoms with van der Waals surface area (Å²) >= 11 is 0. The van der Waals surface area contributed by atoms with E-state index in [4.69, 9.17) is 9.47 Å². The van der Waals surface area contributed by atoms with Gasteiger partial charge in [-0.1, -0.05) is 19.9 Å². The highest BCUT2D eigenvalue weighted by molar-refractivity contribution is 5.89. The Morgan fingerprint density at radius 1 is 1.21 bits per heavy atom. The lowest BCUT2D eigenvalue weighted by molar-refractivity contribution is 0.171. The van der Waals surface area contributed by atoms with Gasteiger partial charge in [-0.15, -0.1) is 0 Å². The summed E-state index contributed by atoms with van der Waals surface area (Å²) in [6, 6.07) is 10.0. The monoisotopic (exact) mass is 387 g/mol. The summed E-state index contributed by atoms with van der Waals surface area (Å²) in [6.45, 7) is 4.99. The van der Waals surface area contributed by atoms with Crippen LogP contribution in [0.25, 0.3) is 0 Å². The molecule has 7 heteroatoms. The Labute approximate surface area is 166 Å². The van der Waals surface area contributed by atoms with Gasteiger partial charge in [0.2, 0.25) is 0 Å². The van der Waals surface area contributed by atoms with Gasteiger partial charge in [-0.25, -0.2) is 4.79 Å². The van der Waals surface area contributed by atoms with Crippen LogP contribution in [0.15, 0.2) is 42.6 Å². The van der Waals surface area contributed by atoms with E-state index < -0.39 is 12.1 Å². The minimum absolute atomic E-state index is 0.0531. The van der Waals surface area contributed by atoms with E-state index in [9.17, 15) is 9.90 Å². The second-order valence-corrected chi connectivity index (χ2v) is 6.86. The lowest BCUT2D eigenvalue weighted by atomic mass is 10.1. The minimum Gasteiger partial charge on any atom is -0.493 e. The standard InChI is InChI=1S/C21H29N3O4/c1-15(2)7-6-12-28-20-13-16(9-10-19(20)27-3)24-21(26)23-14-18(25)17-8-4-5-11-22-17/h4-5,8-11,13,15,18,25H,6-7,12,14H2,1-3H3,(H2,23,24,26). The van der Waals surface area contributed by atoms with Crippen LogP contribution < -0.4 is 20.1 Å². The Balaban J connectivity index is 1.88. The summed E-state index contributed by atoms with van der Waals surface area (Å²) in [4.78, 5) is 16.2. The number of amides is 2. The molecule has 0 saturated heterocycles. The Bertz CT molecular complexity index is 738. The molecule has 0 aliphatic heterocycles. The molecule has 1 atom stereocenters. The molecule has 152 valence electrons. The summed E-state index contributed by atoms with van der Waals surface area (Å²) in [5.41, 5.74) is 1.08. The quantitative estimate of drug-likeness (QED) is 0.540. The van der Waals surface area contributed by atoms with E-state index in [0.29, 0.717) is 35.4 Å². The average Bonchev–Trinajstić information content (AvgIpc) is 2.70. The third-order valence-electron chi connectivity index (χ3n) is 4.09. The molecule has 28 heavy (non-hydrogen) atoms. The van der Waals surface area contributed by atoms with Crippen LogP contribution in [0, 0.1) is 5.92 Å². The first-order chi connectivity index (χ1) is 13.5. The number of benzene rings is 1. The van der Waals surface area contributed by atoms with Gasteiger partial charge < -0.3 is 25.2 Å². The van der Waals surface area contributed by atoms with Gasteiger partial charge in [0.05, 0.1) is 26.0 Å². The van der Waals surface area contributed by atoms with Gasteiger partial charge in [-0.2, -0.15) is 0 Å². The first-order valence-electron chi connectivity index (χ1n) is 9.44. The first-order valence-corrected chi connectivity index (χ1v) is 9.44. The van der Waals surface area contributed by atoms with Crippen LogP contribution in [0.5, 0.6) is 11.5 Å². The minimum atomic E-state index is -0.873. The Hall–Kier alpha value is -2.80. The Kier molecular flexibility index (Phi) is 8.55. The maximum atomic E-state index is 12.1. The summed E-state index contributed by atoms with van der Waals surface area (Å²) in [5.74, 6) is 1.82. The van der Waals surface area contributed by atoms with E-state index in [1.54, 1.807) is 49.7 Å². The molecule has 0 spiro atoms. The number of carbonyl (C=O) groups excluding carboxylic acids is 1. The van der Waals surface area contributed by atoms with Crippen LogP contribution in [0.2, 0.25) is 0 Å². The number of rotatable bonds is 10. The number of hydrogen-bond acceptors (Lipinski definition) is 5. The SMILES string of the molecule is COc1ccc(NC(=O)NCC(O)c2ccccn2)cc1OCCCC(C)C. The summed E-state index contributed by atoms with van der Waals surface area (Å²) in [7, 11) is 1.58. The lowest BCUT2D eigenvalue weighted by Gasteiger charge is -2.15. The van der Waals surface area contributed by atoms with Crippen LogP contribution >= 0.6 is 0 Å². The van der Waals surface area contributed by atoms with Crippen molar-refractivity contribution in [1.29, 1.82) is 0 Å². The highest BCUT2D eigenvalue weighted by atomic mass is 16.5. The van der Waals surface area contributed by atoms with Crippen molar-refractivity contribution >= 4 is 11.7 Å². The maximum Gasteiger partial charge on any atom is 0.319 e. The van der Waals surface area contributed by atoms with Crippen molar-refractivity contribution in [2.24, 2.45) is 5.92 Å². The second-order valence-electron chi connectivity index (χ2n) is 6.86. The number of anilines is 1. The topological polar surface area (TPSA) is 92.7 Å². The number of carbonyl (C=O) groups is 1. The van der Waals surface area contributed by atoms with Crippen LogP contribution in [0.4, 0.5) is 10.5 Å². The van der Waals surface area contributed by atoms with Crippen molar-refractivity contribution in [2.75, 3.05) is 25.6 Å². The number of methoxy groups -OCH3 is 1. The fourth-order valence-electron chi connectivity index (χ4n) is 2.58. The number of hydrogen-bond donors (Lipinski definition) is 3. The summed E-state index contributed by atoms with van der Waals surface area (Å²) < 4.78 is 11.1. The fourth-order valence-corrected chi connectivity index (χ4v) is 2.58. The fraction of sp³-hybridized carbons (Fsp3) is 0.429. The molecule has 7 nitrogen and oxygen atoms in total. The Morgan fingerprint density at radius 3 is 2.71 bits per heavy atom. The smallest absolute Gasteiger partial charge is 0.319 e. The molecule has 1 heterocycles. The van der Waals surface area contributed by atoms with Crippen molar-refractivity contribution in [1.82, 2.24) is 10.3 Å². The van der Waals surface area contributed by atoms with E-state index in [-0.39, 0.29) is 6.54 Å². The predicted octanol–water partition coefficient (Wildman–Crippen LogP) is 3.76. The van der Waals surface area contributed by atoms with Gasteiger partial charge >= 0.3 is 6.03 Å². The van der Waals surface area contributed by atoms with Crippen LogP contribution in [-0.4, -0.2) is 36.4 Å². The molecule has 0 aliphatic rings. The van der Waals surface area contributed by atoms with Crippen LogP contribution in [0.1, 0.15) is 38.5 Å². The van der Waals surface area contributed by atoms with E-state index >= 15 is 0 Å². The number of ether oxygens (including phenoxy) is 2. The highest BCUT2D eigenvalue weighted by Gasteiger charge is 2.12. The number of pyridine rings is 1. The van der Waals surface area contributed by atoms with Gasteiger partial charge in [0.25, 0.3) is 0 Å². The first kappa shape index (κ1) is 21.5. The number of urea groups is 1. The molecule has 2 aromatic rings.